The molecule has 0 atom stereocenters. The first-order valence-corrected chi connectivity index (χ1v) is 4.82. The SMILES string of the molecule is C=C(Br)C(=O)Cc1ccc(C)cc1. The first-order valence-electron chi connectivity index (χ1n) is 4.03. The van der Waals surface area contributed by atoms with Gasteiger partial charge in [0.1, 0.15) is 0 Å². The van der Waals surface area contributed by atoms with E-state index in [-0.39, 0.29) is 5.78 Å². The van der Waals surface area contributed by atoms with E-state index < -0.39 is 0 Å². The number of allylic oxidation sites excluding steroid dienone is 1. The third-order valence-corrected chi connectivity index (χ3v) is 2.23. The van der Waals surface area contributed by atoms with Gasteiger partial charge < -0.3 is 0 Å². The van der Waals surface area contributed by atoms with Gasteiger partial charge in [0.05, 0.1) is 4.48 Å². The average molecular weight is 239 g/mol. The Morgan fingerprint density at radius 1 is 1.38 bits per heavy atom. The molecule has 0 spiro atoms. The first kappa shape index (κ1) is 10.2. The standard InChI is InChI=1S/C11H11BrO/c1-8-3-5-10(6-4-8)7-11(13)9(2)12/h3-6H,2,7H2,1H3. The summed E-state index contributed by atoms with van der Waals surface area (Å²) in [7, 11) is 0. The van der Waals surface area contributed by atoms with Crippen molar-refractivity contribution in [3.63, 3.8) is 0 Å². The van der Waals surface area contributed by atoms with Gasteiger partial charge in [-0.1, -0.05) is 36.4 Å². The van der Waals surface area contributed by atoms with E-state index in [0.29, 0.717) is 10.9 Å². The second kappa shape index (κ2) is 4.38. The second-order valence-corrected chi connectivity index (χ2v) is 3.95. The Morgan fingerprint density at radius 2 is 1.92 bits per heavy atom. The van der Waals surface area contributed by atoms with Crippen LogP contribution >= 0.6 is 15.9 Å². The number of carbonyl (C=O) groups is 1. The maximum atomic E-state index is 11.3. The molecule has 0 aliphatic rings. The van der Waals surface area contributed by atoms with Crippen LogP contribution < -0.4 is 0 Å². The fourth-order valence-corrected chi connectivity index (χ4v) is 1.13. The van der Waals surface area contributed by atoms with Crippen molar-refractivity contribution in [2.75, 3.05) is 0 Å². The molecule has 0 saturated carbocycles. The lowest BCUT2D eigenvalue weighted by molar-refractivity contribution is -0.114. The molecule has 2 heteroatoms. The van der Waals surface area contributed by atoms with E-state index in [2.05, 4.69) is 22.5 Å². The highest BCUT2D eigenvalue weighted by Gasteiger charge is 2.04. The van der Waals surface area contributed by atoms with Crippen molar-refractivity contribution in [2.24, 2.45) is 0 Å². The van der Waals surface area contributed by atoms with Gasteiger partial charge in [-0.3, -0.25) is 4.79 Å². The summed E-state index contributed by atoms with van der Waals surface area (Å²) in [5.41, 5.74) is 2.23. The highest BCUT2D eigenvalue weighted by Crippen LogP contribution is 2.09. The number of rotatable bonds is 3. The van der Waals surface area contributed by atoms with E-state index in [9.17, 15) is 4.79 Å². The molecule has 0 bridgehead atoms. The van der Waals surface area contributed by atoms with E-state index >= 15 is 0 Å². The van der Waals surface area contributed by atoms with Crippen molar-refractivity contribution in [3.8, 4) is 0 Å². The van der Waals surface area contributed by atoms with Crippen LogP contribution in [-0.4, -0.2) is 5.78 Å². The Hall–Kier alpha value is -0.890. The quantitative estimate of drug-likeness (QED) is 0.741. The molecule has 0 fully saturated rings. The van der Waals surface area contributed by atoms with Crippen molar-refractivity contribution < 1.29 is 4.79 Å². The van der Waals surface area contributed by atoms with Gasteiger partial charge in [-0.2, -0.15) is 0 Å². The van der Waals surface area contributed by atoms with Gasteiger partial charge >= 0.3 is 0 Å². The lowest BCUT2D eigenvalue weighted by Crippen LogP contribution is -2.01. The lowest BCUT2D eigenvalue weighted by atomic mass is 10.1. The van der Waals surface area contributed by atoms with Crippen molar-refractivity contribution in [2.45, 2.75) is 13.3 Å². The number of benzene rings is 1. The number of aryl methyl sites for hydroxylation is 1. The van der Waals surface area contributed by atoms with E-state index in [0.717, 1.165) is 5.56 Å². The molecule has 1 aromatic carbocycles. The number of Topliss-reactive ketones (excluding diaryl/α,β-unsaturated/α-hetero) is 1. The first-order chi connectivity index (χ1) is 6.09. The molecular weight excluding hydrogens is 228 g/mol. The van der Waals surface area contributed by atoms with E-state index in [4.69, 9.17) is 0 Å². The van der Waals surface area contributed by atoms with Crippen LogP contribution in [0.25, 0.3) is 0 Å². The van der Waals surface area contributed by atoms with Gasteiger partial charge in [0.15, 0.2) is 5.78 Å². The minimum Gasteiger partial charge on any atom is -0.293 e. The molecule has 0 heterocycles. The number of ketones is 1. The van der Waals surface area contributed by atoms with Crippen molar-refractivity contribution in [3.05, 3.63) is 46.5 Å². The molecule has 1 aromatic rings. The van der Waals surface area contributed by atoms with Crippen LogP contribution in [0.2, 0.25) is 0 Å². The number of halogens is 1. The molecule has 0 amide bonds. The molecule has 0 saturated heterocycles. The van der Waals surface area contributed by atoms with Crippen molar-refractivity contribution in [1.82, 2.24) is 0 Å². The van der Waals surface area contributed by atoms with E-state index in [1.807, 2.05) is 31.2 Å². The molecule has 0 aromatic heterocycles. The number of carbonyl (C=O) groups excluding carboxylic acids is 1. The molecule has 0 aliphatic heterocycles. The molecule has 0 N–H and O–H groups in total. The topological polar surface area (TPSA) is 17.1 Å². The van der Waals surface area contributed by atoms with Crippen molar-refractivity contribution >= 4 is 21.7 Å². The molecule has 13 heavy (non-hydrogen) atoms. The summed E-state index contributed by atoms with van der Waals surface area (Å²) >= 11 is 3.07. The zero-order chi connectivity index (χ0) is 9.84. The predicted molar refractivity (Wildman–Crippen MR) is 58.0 cm³/mol. The summed E-state index contributed by atoms with van der Waals surface area (Å²) < 4.78 is 0.438. The molecule has 1 rings (SSSR count). The summed E-state index contributed by atoms with van der Waals surface area (Å²) in [4.78, 5) is 11.3. The summed E-state index contributed by atoms with van der Waals surface area (Å²) in [6, 6.07) is 7.92. The van der Waals surface area contributed by atoms with Gasteiger partial charge in [-0.05, 0) is 28.4 Å². The zero-order valence-corrected chi connectivity index (χ0v) is 9.10. The Labute approximate surface area is 86.6 Å². The van der Waals surface area contributed by atoms with Gasteiger partial charge in [0, 0.05) is 6.42 Å². The normalized spacial score (nSPS) is 9.69. The van der Waals surface area contributed by atoms with Crippen LogP contribution in [0.1, 0.15) is 11.1 Å². The van der Waals surface area contributed by atoms with E-state index in [1.54, 1.807) is 0 Å². The van der Waals surface area contributed by atoms with Crippen LogP contribution in [0.4, 0.5) is 0 Å². The van der Waals surface area contributed by atoms with Crippen LogP contribution in [0.5, 0.6) is 0 Å². The van der Waals surface area contributed by atoms with Crippen LogP contribution in [0, 0.1) is 6.92 Å². The van der Waals surface area contributed by atoms with Crippen LogP contribution in [-0.2, 0) is 11.2 Å². The summed E-state index contributed by atoms with van der Waals surface area (Å²) in [5, 5.41) is 0. The summed E-state index contributed by atoms with van der Waals surface area (Å²) in [6.45, 7) is 5.56. The third-order valence-electron chi connectivity index (χ3n) is 1.79. The molecule has 0 unspecified atom stereocenters. The van der Waals surface area contributed by atoms with E-state index in [1.165, 1.54) is 5.56 Å². The monoisotopic (exact) mass is 238 g/mol. The van der Waals surface area contributed by atoms with Crippen LogP contribution in [0.15, 0.2) is 35.3 Å². The third kappa shape index (κ3) is 3.15. The van der Waals surface area contributed by atoms with Gasteiger partial charge in [0.2, 0.25) is 0 Å². The Balaban J connectivity index is 2.70. The van der Waals surface area contributed by atoms with Gasteiger partial charge in [-0.15, -0.1) is 0 Å². The smallest absolute Gasteiger partial charge is 0.173 e. The fraction of sp³-hybridized carbons (Fsp3) is 0.182. The largest absolute Gasteiger partial charge is 0.293 e. The Morgan fingerprint density at radius 3 is 2.38 bits per heavy atom. The lowest BCUT2D eigenvalue weighted by Gasteiger charge is -1.99. The number of hydrogen-bond acceptors (Lipinski definition) is 1. The number of hydrogen-bond donors (Lipinski definition) is 0. The maximum Gasteiger partial charge on any atom is 0.173 e. The molecule has 0 radical (unpaired) electrons. The fourth-order valence-electron chi connectivity index (χ4n) is 0.987. The highest BCUT2D eigenvalue weighted by atomic mass is 79.9. The second-order valence-electron chi connectivity index (χ2n) is 2.99. The Kier molecular flexibility index (Phi) is 3.43. The Bertz CT molecular complexity index is 324. The van der Waals surface area contributed by atoms with Gasteiger partial charge in [0.25, 0.3) is 0 Å². The summed E-state index contributed by atoms with van der Waals surface area (Å²) in [6.07, 6.45) is 0.421. The highest BCUT2D eigenvalue weighted by molar-refractivity contribution is 9.12. The van der Waals surface area contributed by atoms with Gasteiger partial charge in [-0.25, -0.2) is 0 Å². The predicted octanol–water partition coefficient (Wildman–Crippen LogP) is 3.02. The average Bonchev–Trinajstić information content (AvgIpc) is 2.08. The molecule has 0 aliphatic carbocycles. The van der Waals surface area contributed by atoms with Crippen molar-refractivity contribution in [1.29, 1.82) is 0 Å². The summed E-state index contributed by atoms with van der Waals surface area (Å²) in [5.74, 6) is 0.0313. The molecular formula is C11H11BrO. The van der Waals surface area contributed by atoms with Crippen LogP contribution in [0.3, 0.4) is 0 Å². The maximum absolute atomic E-state index is 11.3. The minimum atomic E-state index is 0.0313. The minimum absolute atomic E-state index is 0.0313. The molecule has 68 valence electrons. The molecule has 1 nitrogen and oxygen atoms in total. The zero-order valence-electron chi connectivity index (χ0n) is 7.51.